The van der Waals surface area contributed by atoms with Gasteiger partial charge >= 0.3 is 0 Å². The number of hydrogen-bond donors (Lipinski definition) is 2. The van der Waals surface area contributed by atoms with Gasteiger partial charge in [0.2, 0.25) is 0 Å². The topological polar surface area (TPSA) is 27.3 Å². The Morgan fingerprint density at radius 3 is 3.00 bits per heavy atom. The summed E-state index contributed by atoms with van der Waals surface area (Å²) in [5.74, 6) is 0.842. The van der Waals surface area contributed by atoms with E-state index in [2.05, 4.69) is 22.5 Å². The van der Waals surface area contributed by atoms with Gasteiger partial charge in [-0.15, -0.1) is 0 Å². The van der Waals surface area contributed by atoms with Crippen LogP contribution in [0.2, 0.25) is 5.02 Å². The van der Waals surface area contributed by atoms with Crippen LogP contribution in [0.5, 0.6) is 0 Å². The molecular formula is C16H24ClN3S. The van der Waals surface area contributed by atoms with Gasteiger partial charge in [-0.1, -0.05) is 30.7 Å². The maximum absolute atomic E-state index is 6.09. The lowest BCUT2D eigenvalue weighted by Gasteiger charge is -2.30. The first kappa shape index (κ1) is 16.5. The molecule has 0 saturated carbocycles. The Morgan fingerprint density at radius 1 is 1.43 bits per heavy atom. The number of likely N-dealkylation sites (tertiary alicyclic amines) is 1. The summed E-state index contributed by atoms with van der Waals surface area (Å²) < 4.78 is 0. The molecular weight excluding hydrogens is 302 g/mol. The molecule has 0 bridgehead atoms. The Balaban J connectivity index is 1.62. The number of anilines is 1. The third-order valence-corrected chi connectivity index (χ3v) is 4.38. The maximum Gasteiger partial charge on any atom is 0.170 e. The second-order valence-corrected chi connectivity index (χ2v) is 6.58. The molecule has 2 N–H and O–H groups in total. The molecule has 0 spiro atoms. The first-order valence-corrected chi connectivity index (χ1v) is 8.45. The molecule has 1 saturated heterocycles. The fraction of sp³-hybridized carbons (Fsp3) is 0.562. The molecule has 2 rings (SSSR count). The molecule has 1 aliphatic heterocycles. The molecule has 1 heterocycles. The highest BCUT2D eigenvalue weighted by Crippen LogP contribution is 2.20. The van der Waals surface area contributed by atoms with Crippen molar-refractivity contribution in [2.45, 2.75) is 26.2 Å². The minimum Gasteiger partial charge on any atom is -0.362 e. The van der Waals surface area contributed by atoms with Crippen LogP contribution in [-0.4, -0.2) is 36.2 Å². The number of halogens is 1. The molecule has 0 amide bonds. The van der Waals surface area contributed by atoms with Gasteiger partial charge in [0.1, 0.15) is 0 Å². The summed E-state index contributed by atoms with van der Waals surface area (Å²) in [6, 6.07) is 7.62. The molecule has 1 aromatic carbocycles. The van der Waals surface area contributed by atoms with E-state index in [4.69, 9.17) is 23.8 Å². The Morgan fingerprint density at radius 2 is 2.24 bits per heavy atom. The molecule has 1 atom stereocenters. The summed E-state index contributed by atoms with van der Waals surface area (Å²) in [4.78, 5) is 2.56. The molecule has 5 heteroatoms. The van der Waals surface area contributed by atoms with Crippen LogP contribution in [-0.2, 0) is 0 Å². The van der Waals surface area contributed by atoms with Gasteiger partial charge in [0.25, 0.3) is 0 Å². The number of nitrogens with one attached hydrogen (secondary N) is 2. The molecule has 0 aliphatic carbocycles. The average molecular weight is 326 g/mol. The molecule has 116 valence electrons. The Hall–Kier alpha value is -0.840. The fourth-order valence-corrected chi connectivity index (χ4v) is 3.12. The molecule has 3 nitrogen and oxygen atoms in total. The van der Waals surface area contributed by atoms with E-state index in [-0.39, 0.29) is 0 Å². The van der Waals surface area contributed by atoms with Crippen LogP contribution < -0.4 is 10.6 Å². The predicted molar refractivity (Wildman–Crippen MR) is 95.1 cm³/mol. The van der Waals surface area contributed by atoms with E-state index in [0.29, 0.717) is 10.1 Å². The minimum atomic E-state index is 0.634. The SMILES string of the molecule is C[C@@H]1CCCN(CCCNC(=S)Nc2ccccc2Cl)C1. The normalized spacial score (nSPS) is 19.2. The van der Waals surface area contributed by atoms with Crippen LogP contribution in [0.4, 0.5) is 5.69 Å². The van der Waals surface area contributed by atoms with Crippen molar-refractivity contribution >= 4 is 34.6 Å². The fourth-order valence-electron chi connectivity index (χ4n) is 2.72. The standard InChI is InChI=1S/C16H24ClN3S/c1-13-6-4-10-20(12-13)11-5-9-18-16(21)19-15-8-3-2-7-14(15)17/h2-3,7-8,13H,4-6,9-12H2,1H3,(H2,18,19,21)/t13-/m1/s1. The van der Waals surface area contributed by atoms with Crippen LogP contribution in [0.3, 0.4) is 0 Å². The monoisotopic (exact) mass is 325 g/mol. The van der Waals surface area contributed by atoms with Gasteiger partial charge in [-0.3, -0.25) is 0 Å². The van der Waals surface area contributed by atoms with Crippen molar-refractivity contribution in [3.8, 4) is 0 Å². The van der Waals surface area contributed by atoms with E-state index < -0.39 is 0 Å². The van der Waals surface area contributed by atoms with Gasteiger partial charge in [0.15, 0.2) is 5.11 Å². The van der Waals surface area contributed by atoms with Crippen molar-refractivity contribution in [1.82, 2.24) is 10.2 Å². The summed E-state index contributed by atoms with van der Waals surface area (Å²) in [5, 5.41) is 7.69. The first-order chi connectivity index (χ1) is 10.1. The smallest absolute Gasteiger partial charge is 0.170 e. The number of piperidine rings is 1. The lowest BCUT2D eigenvalue weighted by Crippen LogP contribution is -2.37. The number of rotatable bonds is 5. The van der Waals surface area contributed by atoms with Crippen molar-refractivity contribution in [2.75, 3.05) is 31.5 Å². The van der Waals surface area contributed by atoms with Crippen LogP contribution in [0, 0.1) is 5.92 Å². The zero-order valence-electron chi connectivity index (χ0n) is 12.6. The third kappa shape index (κ3) is 5.81. The second kappa shape index (κ2) is 8.57. The quantitative estimate of drug-likeness (QED) is 0.637. The van der Waals surface area contributed by atoms with Crippen molar-refractivity contribution < 1.29 is 0 Å². The predicted octanol–water partition coefficient (Wildman–Crippen LogP) is 3.75. The summed E-state index contributed by atoms with van der Waals surface area (Å²) in [7, 11) is 0. The maximum atomic E-state index is 6.09. The summed E-state index contributed by atoms with van der Waals surface area (Å²) in [6.45, 7) is 6.86. The zero-order chi connectivity index (χ0) is 15.1. The lowest BCUT2D eigenvalue weighted by atomic mass is 10.0. The highest BCUT2D eigenvalue weighted by atomic mass is 35.5. The van der Waals surface area contributed by atoms with Gasteiger partial charge in [-0.05, 0) is 62.6 Å². The largest absolute Gasteiger partial charge is 0.362 e. The Bertz CT molecular complexity index is 467. The van der Waals surface area contributed by atoms with Crippen LogP contribution in [0.15, 0.2) is 24.3 Å². The minimum absolute atomic E-state index is 0.634. The number of hydrogen-bond acceptors (Lipinski definition) is 2. The van der Waals surface area contributed by atoms with E-state index in [1.54, 1.807) is 0 Å². The van der Waals surface area contributed by atoms with Crippen molar-refractivity contribution in [2.24, 2.45) is 5.92 Å². The van der Waals surface area contributed by atoms with E-state index in [0.717, 1.165) is 31.1 Å². The van der Waals surface area contributed by atoms with Crippen molar-refractivity contribution in [3.63, 3.8) is 0 Å². The van der Waals surface area contributed by atoms with E-state index >= 15 is 0 Å². The molecule has 1 aromatic rings. The van der Waals surface area contributed by atoms with Gasteiger partial charge in [0.05, 0.1) is 10.7 Å². The number of nitrogens with zero attached hydrogens (tertiary/aromatic N) is 1. The van der Waals surface area contributed by atoms with Gasteiger partial charge in [0, 0.05) is 13.1 Å². The van der Waals surface area contributed by atoms with Gasteiger partial charge in [-0.25, -0.2) is 0 Å². The molecule has 0 aromatic heterocycles. The highest BCUT2D eigenvalue weighted by molar-refractivity contribution is 7.80. The summed E-state index contributed by atoms with van der Waals surface area (Å²) >= 11 is 11.4. The van der Waals surface area contributed by atoms with Crippen LogP contribution >= 0.6 is 23.8 Å². The summed E-state index contributed by atoms with van der Waals surface area (Å²) in [6.07, 6.45) is 3.82. The summed E-state index contributed by atoms with van der Waals surface area (Å²) in [5.41, 5.74) is 0.849. The molecule has 0 unspecified atom stereocenters. The molecule has 1 aliphatic rings. The second-order valence-electron chi connectivity index (χ2n) is 5.76. The number of benzene rings is 1. The third-order valence-electron chi connectivity index (χ3n) is 3.80. The first-order valence-electron chi connectivity index (χ1n) is 7.67. The lowest BCUT2D eigenvalue weighted by molar-refractivity contribution is 0.182. The van der Waals surface area contributed by atoms with Gasteiger partial charge < -0.3 is 15.5 Å². The Kier molecular flexibility index (Phi) is 6.74. The van der Waals surface area contributed by atoms with Crippen molar-refractivity contribution in [3.05, 3.63) is 29.3 Å². The van der Waals surface area contributed by atoms with E-state index in [1.807, 2.05) is 24.3 Å². The zero-order valence-corrected chi connectivity index (χ0v) is 14.1. The van der Waals surface area contributed by atoms with Crippen molar-refractivity contribution in [1.29, 1.82) is 0 Å². The molecule has 21 heavy (non-hydrogen) atoms. The van der Waals surface area contributed by atoms with Crippen LogP contribution in [0.1, 0.15) is 26.2 Å². The Labute approximate surface area is 138 Å². The molecule has 1 fully saturated rings. The van der Waals surface area contributed by atoms with E-state index in [1.165, 1.54) is 25.9 Å². The van der Waals surface area contributed by atoms with E-state index in [9.17, 15) is 0 Å². The molecule has 0 radical (unpaired) electrons. The number of thiocarbonyl (C=S) groups is 1. The highest BCUT2D eigenvalue weighted by Gasteiger charge is 2.15. The van der Waals surface area contributed by atoms with Crippen LogP contribution in [0.25, 0.3) is 0 Å². The average Bonchev–Trinajstić information content (AvgIpc) is 2.46. The van der Waals surface area contributed by atoms with Gasteiger partial charge in [-0.2, -0.15) is 0 Å². The number of para-hydroxylation sites is 1.